The van der Waals surface area contributed by atoms with Crippen molar-refractivity contribution in [1.82, 2.24) is 9.88 Å². The third-order valence-corrected chi connectivity index (χ3v) is 5.48. The van der Waals surface area contributed by atoms with Gasteiger partial charge in [0.1, 0.15) is 0 Å². The number of nitrogens with one attached hydrogen (secondary N) is 1. The summed E-state index contributed by atoms with van der Waals surface area (Å²) < 4.78 is 12.4. The number of benzene rings is 2. The standard InChI is InChI=1S/C23H25N3O4S/c1-5-24-21(27)17-8-6-7-16(11-17)14-26-13-15(2)31-23(26)25-22(28)18-9-10-19(29-3)20(12-18)30-4/h6-13H,5,14H2,1-4H3,(H,24,27). The highest BCUT2D eigenvalue weighted by Gasteiger charge is 2.12. The van der Waals surface area contributed by atoms with Crippen LogP contribution in [0.5, 0.6) is 11.5 Å². The molecule has 1 N–H and O–H groups in total. The maximum absolute atomic E-state index is 12.8. The molecule has 0 bridgehead atoms. The summed E-state index contributed by atoms with van der Waals surface area (Å²) in [6.45, 7) is 4.92. The molecule has 2 aromatic carbocycles. The van der Waals surface area contributed by atoms with E-state index in [-0.39, 0.29) is 11.8 Å². The normalized spacial score (nSPS) is 11.3. The van der Waals surface area contributed by atoms with Gasteiger partial charge in [-0.3, -0.25) is 9.59 Å². The van der Waals surface area contributed by atoms with Crippen molar-refractivity contribution in [3.63, 3.8) is 0 Å². The van der Waals surface area contributed by atoms with Gasteiger partial charge in [0.05, 0.1) is 14.2 Å². The molecule has 0 radical (unpaired) electrons. The van der Waals surface area contributed by atoms with Crippen LogP contribution < -0.4 is 19.6 Å². The fourth-order valence-corrected chi connectivity index (χ4v) is 3.93. The minimum absolute atomic E-state index is 0.107. The molecule has 0 fully saturated rings. The molecule has 7 nitrogen and oxygen atoms in total. The monoisotopic (exact) mass is 439 g/mol. The van der Waals surface area contributed by atoms with E-state index < -0.39 is 0 Å². The van der Waals surface area contributed by atoms with Gasteiger partial charge in [-0.05, 0) is 49.7 Å². The minimum Gasteiger partial charge on any atom is -0.493 e. The van der Waals surface area contributed by atoms with Crippen molar-refractivity contribution in [3.8, 4) is 11.5 Å². The number of nitrogens with zero attached hydrogens (tertiary/aromatic N) is 2. The van der Waals surface area contributed by atoms with Crippen molar-refractivity contribution in [2.24, 2.45) is 4.99 Å². The number of hydrogen-bond donors (Lipinski definition) is 1. The van der Waals surface area contributed by atoms with E-state index >= 15 is 0 Å². The summed E-state index contributed by atoms with van der Waals surface area (Å²) in [6.07, 6.45) is 1.95. The van der Waals surface area contributed by atoms with Crippen molar-refractivity contribution in [3.05, 3.63) is 75.0 Å². The molecule has 0 saturated heterocycles. The summed E-state index contributed by atoms with van der Waals surface area (Å²) in [6, 6.07) is 12.4. The molecule has 0 aliphatic rings. The van der Waals surface area contributed by atoms with Gasteiger partial charge >= 0.3 is 0 Å². The number of rotatable bonds is 7. The van der Waals surface area contributed by atoms with E-state index in [9.17, 15) is 9.59 Å². The molecule has 0 spiro atoms. The van der Waals surface area contributed by atoms with Gasteiger partial charge < -0.3 is 19.4 Å². The lowest BCUT2D eigenvalue weighted by Gasteiger charge is -2.08. The van der Waals surface area contributed by atoms with Gasteiger partial charge in [-0.25, -0.2) is 0 Å². The first-order chi connectivity index (χ1) is 14.9. The number of methoxy groups -OCH3 is 2. The molecule has 8 heteroatoms. The predicted octanol–water partition coefficient (Wildman–Crippen LogP) is 3.41. The van der Waals surface area contributed by atoms with Gasteiger partial charge in [-0.1, -0.05) is 12.1 Å². The van der Waals surface area contributed by atoms with Gasteiger partial charge in [0, 0.05) is 35.3 Å². The van der Waals surface area contributed by atoms with Crippen molar-refractivity contribution >= 4 is 23.2 Å². The lowest BCUT2D eigenvalue weighted by Crippen LogP contribution is -2.23. The number of thiazole rings is 1. The highest BCUT2D eigenvalue weighted by atomic mass is 32.1. The van der Waals surface area contributed by atoms with E-state index in [1.165, 1.54) is 18.4 Å². The lowest BCUT2D eigenvalue weighted by atomic mass is 10.1. The van der Waals surface area contributed by atoms with Crippen LogP contribution in [-0.4, -0.2) is 37.1 Å². The second-order valence-corrected chi connectivity index (χ2v) is 8.01. The van der Waals surface area contributed by atoms with E-state index in [0.717, 1.165) is 10.4 Å². The Hall–Kier alpha value is -3.39. The van der Waals surface area contributed by atoms with Crippen LogP contribution in [0.25, 0.3) is 0 Å². The summed E-state index contributed by atoms with van der Waals surface area (Å²) in [4.78, 5) is 30.9. The Morgan fingerprint density at radius 2 is 1.84 bits per heavy atom. The third kappa shape index (κ3) is 5.40. The Morgan fingerprint density at radius 3 is 2.55 bits per heavy atom. The quantitative estimate of drug-likeness (QED) is 0.612. The Bertz CT molecular complexity index is 1160. The molecular weight excluding hydrogens is 414 g/mol. The zero-order valence-corrected chi connectivity index (χ0v) is 18.8. The van der Waals surface area contributed by atoms with Gasteiger partial charge in [0.25, 0.3) is 11.8 Å². The molecule has 0 aliphatic carbocycles. The molecule has 0 aliphatic heterocycles. The Kier molecular flexibility index (Phi) is 7.25. The Balaban J connectivity index is 1.90. The molecule has 0 unspecified atom stereocenters. The molecule has 0 atom stereocenters. The molecule has 1 aromatic heterocycles. The van der Waals surface area contributed by atoms with E-state index in [2.05, 4.69) is 10.3 Å². The van der Waals surface area contributed by atoms with Crippen LogP contribution >= 0.6 is 11.3 Å². The SMILES string of the molecule is CCNC(=O)c1cccc(Cn2cc(C)sc2=NC(=O)c2ccc(OC)c(OC)c2)c1. The highest BCUT2D eigenvalue weighted by molar-refractivity contribution is 7.09. The maximum Gasteiger partial charge on any atom is 0.279 e. The van der Waals surface area contributed by atoms with Crippen LogP contribution in [0.1, 0.15) is 38.1 Å². The topological polar surface area (TPSA) is 81.9 Å². The van der Waals surface area contributed by atoms with Crippen LogP contribution in [0.15, 0.2) is 53.7 Å². The van der Waals surface area contributed by atoms with Crippen molar-refractivity contribution in [2.45, 2.75) is 20.4 Å². The fourth-order valence-electron chi connectivity index (χ4n) is 3.09. The van der Waals surface area contributed by atoms with Crippen LogP contribution in [-0.2, 0) is 6.54 Å². The first-order valence-corrected chi connectivity index (χ1v) is 10.6. The number of carbonyl (C=O) groups excluding carboxylic acids is 2. The zero-order chi connectivity index (χ0) is 22.4. The average Bonchev–Trinajstić information content (AvgIpc) is 3.11. The van der Waals surface area contributed by atoms with Crippen molar-refractivity contribution < 1.29 is 19.1 Å². The van der Waals surface area contributed by atoms with Gasteiger partial charge in [-0.15, -0.1) is 11.3 Å². The molecule has 3 aromatic rings. The van der Waals surface area contributed by atoms with Gasteiger partial charge in [-0.2, -0.15) is 4.99 Å². The lowest BCUT2D eigenvalue weighted by molar-refractivity contribution is 0.0954. The number of aryl methyl sites for hydroxylation is 1. The summed E-state index contributed by atoms with van der Waals surface area (Å²) in [5, 5.41) is 2.80. The van der Waals surface area contributed by atoms with Crippen LogP contribution in [0.4, 0.5) is 0 Å². The molecule has 162 valence electrons. The maximum atomic E-state index is 12.8. The number of amides is 2. The fraction of sp³-hybridized carbons (Fsp3) is 0.261. The van der Waals surface area contributed by atoms with Crippen LogP contribution in [0.2, 0.25) is 0 Å². The van der Waals surface area contributed by atoms with E-state index in [0.29, 0.717) is 40.5 Å². The number of hydrogen-bond acceptors (Lipinski definition) is 5. The largest absolute Gasteiger partial charge is 0.493 e. The molecular formula is C23H25N3O4S. The third-order valence-electron chi connectivity index (χ3n) is 4.54. The van der Waals surface area contributed by atoms with Crippen LogP contribution in [0, 0.1) is 6.92 Å². The number of aromatic nitrogens is 1. The smallest absolute Gasteiger partial charge is 0.279 e. The molecule has 31 heavy (non-hydrogen) atoms. The highest BCUT2D eigenvalue weighted by Crippen LogP contribution is 2.27. The first-order valence-electron chi connectivity index (χ1n) is 9.80. The molecule has 3 rings (SSSR count). The van der Waals surface area contributed by atoms with E-state index in [1.54, 1.807) is 31.4 Å². The summed E-state index contributed by atoms with van der Waals surface area (Å²) in [5.41, 5.74) is 1.96. The van der Waals surface area contributed by atoms with Crippen LogP contribution in [0.3, 0.4) is 0 Å². The number of ether oxygens (including phenoxy) is 2. The minimum atomic E-state index is -0.368. The second-order valence-electron chi connectivity index (χ2n) is 6.80. The summed E-state index contributed by atoms with van der Waals surface area (Å²) in [5.74, 6) is 0.547. The van der Waals surface area contributed by atoms with Crippen molar-refractivity contribution in [1.29, 1.82) is 0 Å². The molecule has 2 amide bonds. The second kappa shape index (κ2) is 10.1. The summed E-state index contributed by atoms with van der Waals surface area (Å²) in [7, 11) is 3.07. The van der Waals surface area contributed by atoms with E-state index in [4.69, 9.17) is 9.47 Å². The average molecular weight is 440 g/mol. The van der Waals surface area contributed by atoms with Gasteiger partial charge in [0.2, 0.25) is 0 Å². The first kappa shape index (κ1) is 22.3. The van der Waals surface area contributed by atoms with E-state index in [1.807, 2.05) is 42.8 Å². The van der Waals surface area contributed by atoms with Crippen molar-refractivity contribution in [2.75, 3.05) is 20.8 Å². The number of carbonyl (C=O) groups is 2. The predicted molar refractivity (Wildman–Crippen MR) is 120 cm³/mol. The molecule has 0 saturated carbocycles. The Labute approximate surface area is 185 Å². The summed E-state index contributed by atoms with van der Waals surface area (Å²) >= 11 is 1.43. The zero-order valence-electron chi connectivity index (χ0n) is 18.0. The molecule has 1 heterocycles. The van der Waals surface area contributed by atoms with Gasteiger partial charge in [0.15, 0.2) is 16.3 Å². The Morgan fingerprint density at radius 1 is 1.06 bits per heavy atom.